The number of rotatable bonds is 6. The summed E-state index contributed by atoms with van der Waals surface area (Å²) in [6.45, 7) is 3.05. The van der Waals surface area contributed by atoms with Crippen LogP contribution in [0.3, 0.4) is 0 Å². The first-order chi connectivity index (χ1) is 9.65. The standard InChI is InChI=1S/C17H20FNO/c1-13-9-16(18)8-7-15(13)11-19-12-17(20)10-14-5-3-2-4-6-14/h2-9,17,19-20H,10-12H2,1H3. The molecule has 20 heavy (non-hydrogen) atoms. The van der Waals surface area contributed by atoms with E-state index in [0.717, 1.165) is 16.7 Å². The van der Waals surface area contributed by atoms with Gasteiger partial charge in [-0.1, -0.05) is 36.4 Å². The van der Waals surface area contributed by atoms with E-state index in [9.17, 15) is 9.50 Å². The lowest BCUT2D eigenvalue weighted by atomic mass is 10.1. The van der Waals surface area contributed by atoms with Crippen LogP contribution in [0.4, 0.5) is 4.39 Å². The largest absolute Gasteiger partial charge is 0.391 e. The molecule has 0 aliphatic rings. The number of benzene rings is 2. The molecule has 0 saturated carbocycles. The molecule has 0 aromatic heterocycles. The van der Waals surface area contributed by atoms with E-state index < -0.39 is 6.10 Å². The van der Waals surface area contributed by atoms with E-state index in [1.54, 1.807) is 6.07 Å². The third-order valence-corrected chi connectivity index (χ3v) is 3.31. The van der Waals surface area contributed by atoms with Crippen molar-refractivity contribution in [1.82, 2.24) is 5.32 Å². The van der Waals surface area contributed by atoms with E-state index in [1.807, 2.05) is 37.3 Å². The second kappa shape index (κ2) is 7.17. The number of hydrogen-bond acceptors (Lipinski definition) is 2. The minimum Gasteiger partial charge on any atom is -0.391 e. The molecule has 2 rings (SSSR count). The molecule has 0 saturated heterocycles. The molecule has 3 heteroatoms. The topological polar surface area (TPSA) is 32.3 Å². The van der Waals surface area contributed by atoms with Crippen LogP contribution < -0.4 is 5.32 Å². The van der Waals surface area contributed by atoms with E-state index in [1.165, 1.54) is 12.1 Å². The van der Waals surface area contributed by atoms with Crippen LogP contribution in [0.1, 0.15) is 16.7 Å². The first kappa shape index (κ1) is 14.7. The van der Waals surface area contributed by atoms with Crippen LogP contribution in [0, 0.1) is 12.7 Å². The summed E-state index contributed by atoms with van der Waals surface area (Å²) in [7, 11) is 0. The fraction of sp³-hybridized carbons (Fsp3) is 0.294. The molecule has 0 heterocycles. The molecular formula is C17H20FNO. The summed E-state index contributed by atoms with van der Waals surface area (Å²) in [5, 5.41) is 13.2. The zero-order valence-electron chi connectivity index (χ0n) is 11.6. The van der Waals surface area contributed by atoms with E-state index in [2.05, 4.69) is 5.32 Å². The molecule has 2 aromatic rings. The Hall–Kier alpha value is -1.71. The highest BCUT2D eigenvalue weighted by molar-refractivity contribution is 5.26. The van der Waals surface area contributed by atoms with Crippen LogP contribution in [0.2, 0.25) is 0 Å². The lowest BCUT2D eigenvalue weighted by Crippen LogP contribution is -2.28. The Bertz CT molecular complexity index is 542. The molecule has 0 radical (unpaired) electrons. The average molecular weight is 273 g/mol. The molecule has 2 aromatic carbocycles. The van der Waals surface area contributed by atoms with Crippen LogP contribution in [0.25, 0.3) is 0 Å². The average Bonchev–Trinajstić information content (AvgIpc) is 2.42. The van der Waals surface area contributed by atoms with E-state index in [4.69, 9.17) is 0 Å². The van der Waals surface area contributed by atoms with Crippen molar-refractivity contribution in [1.29, 1.82) is 0 Å². The van der Waals surface area contributed by atoms with Gasteiger partial charge in [0.25, 0.3) is 0 Å². The Kier molecular flexibility index (Phi) is 5.27. The molecule has 0 amide bonds. The van der Waals surface area contributed by atoms with Gasteiger partial charge in [0.15, 0.2) is 0 Å². The zero-order valence-corrected chi connectivity index (χ0v) is 11.6. The van der Waals surface area contributed by atoms with Crippen LogP contribution in [0.15, 0.2) is 48.5 Å². The molecule has 0 fully saturated rings. The molecule has 0 aliphatic heterocycles. The summed E-state index contributed by atoms with van der Waals surface area (Å²) in [6, 6.07) is 14.7. The predicted molar refractivity (Wildman–Crippen MR) is 79.0 cm³/mol. The van der Waals surface area contributed by atoms with Crippen molar-refractivity contribution in [2.75, 3.05) is 6.54 Å². The van der Waals surface area contributed by atoms with Crippen molar-refractivity contribution in [3.63, 3.8) is 0 Å². The SMILES string of the molecule is Cc1cc(F)ccc1CNCC(O)Cc1ccccc1. The van der Waals surface area contributed by atoms with Crippen LogP contribution in [0.5, 0.6) is 0 Å². The maximum absolute atomic E-state index is 13.0. The molecular weight excluding hydrogens is 253 g/mol. The minimum absolute atomic E-state index is 0.213. The van der Waals surface area contributed by atoms with Gasteiger partial charge in [0.2, 0.25) is 0 Å². The Labute approximate surface area is 119 Å². The molecule has 106 valence electrons. The smallest absolute Gasteiger partial charge is 0.123 e. The zero-order chi connectivity index (χ0) is 14.4. The van der Waals surface area contributed by atoms with Crippen molar-refractivity contribution < 1.29 is 9.50 Å². The third kappa shape index (κ3) is 4.44. The maximum atomic E-state index is 13.0. The molecule has 1 unspecified atom stereocenters. The molecule has 2 nitrogen and oxygen atoms in total. The van der Waals surface area contributed by atoms with Crippen molar-refractivity contribution in [3.8, 4) is 0 Å². The quantitative estimate of drug-likeness (QED) is 0.848. The van der Waals surface area contributed by atoms with Gasteiger partial charge in [0.05, 0.1) is 6.10 Å². The Morgan fingerprint density at radius 1 is 1.15 bits per heavy atom. The highest BCUT2D eigenvalue weighted by Crippen LogP contribution is 2.10. The van der Waals surface area contributed by atoms with Crippen LogP contribution >= 0.6 is 0 Å². The van der Waals surface area contributed by atoms with Gasteiger partial charge in [-0.05, 0) is 42.2 Å². The van der Waals surface area contributed by atoms with Gasteiger partial charge >= 0.3 is 0 Å². The number of nitrogens with one attached hydrogen (secondary N) is 1. The number of halogens is 1. The van der Waals surface area contributed by atoms with Gasteiger partial charge in [-0.25, -0.2) is 4.39 Å². The first-order valence-corrected chi connectivity index (χ1v) is 6.83. The summed E-state index contributed by atoms with van der Waals surface area (Å²) in [5.41, 5.74) is 3.10. The Balaban J connectivity index is 1.78. The fourth-order valence-corrected chi connectivity index (χ4v) is 2.19. The number of aliphatic hydroxyl groups excluding tert-OH is 1. The van der Waals surface area contributed by atoms with Gasteiger partial charge in [-0.3, -0.25) is 0 Å². The van der Waals surface area contributed by atoms with Crippen molar-refractivity contribution in [2.45, 2.75) is 26.0 Å². The second-order valence-electron chi connectivity index (χ2n) is 5.05. The molecule has 0 spiro atoms. The van der Waals surface area contributed by atoms with E-state index in [-0.39, 0.29) is 5.82 Å². The number of hydrogen-bond donors (Lipinski definition) is 2. The Morgan fingerprint density at radius 3 is 2.60 bits per heavy atom. The normalized spacial score (nSPS) is 12.3. The first-order valence-electron chi connectivity index (χ1n) is 6.83. The Morgan fingerprint density at radius 2 is 1.90 bits per heavy atom. The summed E-state index contributed by atoms with van der Waals surface area (Å²) >= 11 is 0. The predicted octanol–water partition coefficient (Wildman–Crippen LogP) is 2.83. The summed E-state index contributed by atoms with van der Waals surface area (Å²) in [4.78, 5) is 0. The lowest BCUT2D eigenvalue weighted by molar-refractivity contribution is 0.171. The fourth-order valence-electron chi connectivity index (χ4n) is 2.19. The summed E-state index contributed by atoms with van der Waals surface area (Å²) in [5.74, 6) is -0.213. The van der Waals surface area contributed by atoms with E-state index >= 15 is 0 Å². The monoisotopic (exact) mass is 273 g/mol. The van der Waals surface area contributed by atoms with Gasteiger partial charge in [0, 0.05) is 13.1 Å². The van der Waals surface area contributed by atoms with Crippen molar-refractivity contribution >= 4 is 0 Å². The van der Waals surface area contributed by atoms with Gasteiger partial charge in [0.1, 0.15) is 5.82 Å². The molecule has 0 aliphatic carbocycles. The van der Waals surface area contributed by atoms with Crippen molar-refractivity contribution in [3.05, 3.63) is 71.0 Å². The summed E-state index contributed by atoms with van der Waals surface area (Å²) < 4.78 is 13.0. The lowest BCUT2D eigenvalue weighted by Gasteiger charge is -2.13. The molecule has 1 atom stereocenters. The molecule has 2 N–H and O–H groups in total. The highest BCUT2D eigenvalue weighted by atomic mass is 19.1. The van der Waals surface area contributed by atoms with E-state index in [0.29, 0.717) is 19.5 Å². The van der Waals surface area contributed by atoms with Crippen molar-refractivity contribution in [2.24, 2.45) is 0 Å². The third-order valence-electron chi connectivity index (χ3n) is 3.31. The number of aryl methyl sites for hydroxylation is 1. The van der Waals surface area contributed by atoms with Crippen LogP contribution in [-0.4, -0.2) is 17.8 Å². The maximum Gasteiger partial charge on any atom is 0.123 e. The van der Waals surface area contributed by atoms with Gasteiger partial charge in [-0.2, -0.15) is 0 Å². The van der Waals surface area contributed by atoms with Gasteiger partial charge < -0.3 is 10.4 Å². The number of aliphatic hydroxyl groups is 1. The second-order valence-corrected chi connectivity index (χ2v) is 5.05. The minimum atomic E-state index is -0.418. The van der Waals surface area contributed by atoms with Crippen LogP contribution in [-0.2, 0) is 13.0 Å². The summed E-state index contributed by atoms with van der Waals surface area (Å²) in [6.07, 6.45) is 0.217. The molecule has 0 bridgehead atoms. The highest BCUT2D eigenvalue weighted by Gasteiger charge is 2.06. The van der Waals surface area contributed by atoms with Gasteiger partial charge in [-0.15, -0.1) is 0 Å².